The number of amides is 1. The largest absolute Gasteiger partial charge is 0.325 e. The van der Waals surface area contributed by atoms with Crippen molar-refractivity contribution in [3.05, 3.63) is 86.5 Å². The number of thioether (sulfide) groups is 1. The number of hydrogen-bond donors (Lipinski definition) is 1. The van der Waals surface area contributed by atoms with E-state index in [1.807, 2.05) is 63.2 Å². The highest BCUT2D eigenvalue weighted by Gasteiger charge is 2.17. The Labute approximate surface area is 195 Å². The lowest BCUT2D eigenvalue weighted by Gasteiger charge is -2.12. The van der Waals surface area contributed by atoms with Gasteiger partial charge >= 0.3 is 0 Å². The zero-order chi connectivity index (χ0) is 22.7. The van der Waals surface area contributed by atoms with Crippen molar-refractivity contribution in [2.45, 2.75) is 38.9 Å². The van der Waals surface area contributed by atoms with Gasteiger partial charge in [-0.1, -0.05) is 60.3 Å². The third-order valence-corrected chi connectivity index (χ3v) is 7.51. The van der Waals surface area contributed by atoms with Crippen LogP contribution in [0.25, 0.3) is 10.2 Å². The normalized spacial score (nSPS) is 11.1. The van der Waals surface area contributed by atoms with Crippen molar-refractivity contribution < 1.29 is 4.79 Å². The topological polar surface area (TPSA) is 64.0 Å². The smallest absolute Gasteiger partial charge is 0.263 e. The lowest BCUT2D eigenvalue weighted by molar-refractivity contribution is -0.113. The van der Waals surface area contributed by atoms with Gasteiger partial charge in [-0.2, -0.15) is 0 Å². The summed E-state index contributed by atoms with van der Waals surface area (Å²) in [5.41, 5.74) is 4.02. The number of aryl methyl sites for hydroxylation is 2. The SMILES string of the molecule is CCn1c(SCC(=O)Nc2ccccc2Cc2ccccc2)nc2sc(C)c(C)c2c1=O. The molecule has 7 heteroatoms. The van der Waals surface area contributed by atoms with Gasteiger partial charge in [0, 0.05) is 17.1 Å². The number of nitrogens with one attached hydrogen (secondary N) is 1. The Morgan fingerprint density at radius 1 is 1.09 bits per heavy atom. The molecule has 0 aliphatic heterocycles. The van der Waals surface area contributed by atoms with Crippen LogP contribution in [-0.4, -0.2) is 21.2 Å². The monoisotopic (exact) mass is 463 g/mol. The standard InChI is InChI=1S/C25H25N3O2S2/c1-4-28-24(30)22-16(2)17(3)32-23(22)27-25(28)31-15-21(29)26-20-13-9-8-12-19(20)14-18-10-6-5-7-11-18/h5-13H,4,14-15H2,1-3H3,(H,26,29). The number of rotatable bonds is 7. The van der Waals surface area contributed by atoms with Crippen LogP contribution >= 0.6 is 23.1 Å². The Morgan fingerprint density at radius 3 is 2.56 bits per heavy atom. The molecule has 0 aliphatic rings. The van der Waals surface area contributed by atoms with Gasteiger partial charge in [-0.3, -0.25) is 14.2 Å². The number of thiophene rings is 1. The molecule has 0 aliphatic carbocycles. The summed E-state index contributed by atoms with van der Waals surface area (Å²) in [6.07, 6.45) is 0.745. The maximum absolute atomic E-state index is 13.0. The molecule has 4 rings (SSSR count). The fourth-order valence-corrected chi connectivity index (χ4v) is 5.56. The van der Waals surface area contributed by atoms with Crippen molar-refractivity contribution in [1.29, 1.82) is 0 Å². The maximum atomic E-state index is 13.0. The van der Waals surface area contributed by atoms with Gasteiger partial charge in [0.1, 0.15) is 4.83 Å². The second-order valence-electron chi connectivity index (χ2n) is 7.56. The first-order chi connectivity index (χ1) is 15.5. The summed E-state index contributed by atoms with van der Waals surface area (Å²) < 4.78 is 1.66. The number of aromatic nitrogens is 2. The van der Waals surface area contributed by atoms with Crippen molar-refractivity contribution in [1.82, 2.24) is 9.55 Å². The zero-order valence-electron chi connectivity index (χ0n) is 18.3. The van der Waals surface area contributed by atoms with Crippen LogP contribution in [0.4, 0.5) is 5.69 Å². The highest BCUT2D eigenvalue weighted by Crippen LogP contribution is 2.28. The van der Waals surface area contributed by atoms with Crippen molar-refractivity contribution in [3.8, 4) is 0 Å². The summed E-state index contributed by atoms with van der Waals surface area (Å²) in [6, 6.07) is 18.0. The molecule has 2 aromatic heterocycles. The van der Waals surface area contributed by atoms with Gasteiger partial charge in [0.15, 0.2) is 5.16 Å². The number of carbonyl (C=O) groups excluding carboxylic acids is 1. The van der Waals surface area contributed by atoms with E-state index >= 15 is 0 Å². The molecule has 0 unspecified atom stereocenters. The van der Waals surface area contributed by atoms with Crippen LogP contribution in [0.5, 0.6) is 0 Å². The molecule has 0 saturated carbocycles. The Kier molecular flexibility index (Phi) is 6.77. The molecule has 0 fully saturated rings. The summed E-state index contributed by atoms with van der Waals surface area (Å²) in [4.78, 5) is 32.3. The number of anilines is 1. The summed E-state index contributed by atoms with van der Waals surface area (Å²) in [6.45, 7) is 6.41. The minimum atomic E-state index is -0.119. The summed E-state index contributed by atoms with van der Waals surface area (Å²) in [5, 5.41) is 4.31. The van der Waals surface area contributed by atoms with Crippen LogP contribution in [0.1, 0.15) is 28.5 Å². The van der Waals surface area contributed by atoms with Crippen LogP contribution in [0.2, 0.25) is 0 Å². The van der Waals surface area contributed by atoms with Gasteiger partial charge in [0.05, 0.1) is 11.1 Å². The van der Waals surface area contributed by atoms with E-state index in [4.69, 9.17) is 4.98 Å². The second kappa shape index (κ2) is 9.71. The van der Waals surface area contributed by atoms with Crippen LogP contribution in [0.3, 0.4) is 0 Å². The fourth-order valence-electron chi connectivity index (χ4n) is 3.63. The summed E-state index contributed by atoms with van der Waals surface area (Å²) in [7, 11) is 0. The van der Waals surface area contributed by atoms with E-state index in [2.05, 4.69) is 17.4 Å². The lowest BCUT2D eigenvalue weighted by atomic mass is 10.0. The van der Waals surface area contributed by atoms with Crippen LogP contribution in [0.15, 0.2) is 64.5 Å². The van der Waals surface area contributed by atoms with Gasteiger partial charge in [0.25, 0.3) is 5.56 Å². The average molecular weight is 464 g/mol. The van der Waals surface area contributed by atoms with Gasteiger partial charge < -0.3 is 5.32 Å². The summed E-state index contributed by atoms with van der Waals surface area (Å²) in [5.74, 6) is 0.0621. The minimum absolute atomic E-state index is 0.0320. The molecule has 0 radical (unpaired) electrons. The zero-order valence-corrected chi connectivity index (χ0v) is 20.0. The van der Waals surface area contributed by atoms with Gasteiger partial charge in [-0.25, -0.2) is 4.98 Å². The van der Waals surface area contributed by atoms with Crippen molar-refractivity contribution in [3.63, 3.8) is 0 Å². The molecular formula is C25H25N3O2S2. The number of carbonyl (C=O) groups is 1. The molecule has 0 bridgehead atoms. The molecule has 164 valence electrons. The first-order valence-corrected chi connectivity index (χ1v) is 12.3. The van der Waals surface area contributed by atoms with Gasteiger partial charge in [-0.15, -0.1) is 11.3 Å². The Bertz CT molecular complexity index is 1330. The third-order valence-electron chi connectivity index (χ3n) is 5.43. The molecule has 2 aromatic carbocycles. The fraction of sp³-hybridized carbons (Fsp3) is 0.240. The van der Waals surface area contributed by atoms with E-state index in [-0.39, 0.29) is 17.2 Å². The third kappa shape index (κ3) is 4.64. The van der Waals surface area contributed by atoms with Gasteiger partial charge in [-0.05, 0) is 49.9 Å². The van der Waals surface area contributed by atoms with Crippen molar-refractivity contribution in [2.75, 3.05) is 11.1 Å². The Morgan fingerprint density at radius 2 is 1.81 bits per heavy atom. The molecule has 0 atom stereocenters. The van der Waals surface area contributed by atoms with Gasteiger partial charge in [0.2, 0.25) is 5.91 Å². The predicted octanol–water partition coefficient (Wildman–Crippen LogP) is 5.42. The van der Waals surface area contributed by atoms with E-state index in [1.165, 1.54) is 28.7 Å². The second-order valence-corrected chi connectivity index (χ2v) is 9.71. The van der Waals surface area contributed by atoms with E-state index in [9.17, 15) is 9.59 Å². The number of benzene rings is 2. The highest BCUT2D eigenvalue weighted by molar-refractivity contribution is 7.99. The molecule has 1 amide bonds. The molecule has 1 N–H and O–H groups in total. The molecule has 4 aromatic rings. The van der Waals surface area contributed by atoms with Crippen molar-refractivity contribution in [2.24, 2.45) is 0 Å². The molecule has 2 heterocycles. The highest BCUT2D eigenvalue weighted by atomic mass is 32.2. The molecule has 0 saturated heterocycles. The van der Waals surface area contributed by atoms with E-state index < -0.39 is 0 Å². The Balaban J connectivity index is 1.51. The quantitative estimate of drug-likeness (QED) is 0.294. The molecule has 0 spiro atoms. The number of para-hydroxylation sites is 1. The van der Waals surface area contributed by atoms with E-state index in [0.717, 1.165) is 32.9 Å². The minimum Gasteiger partial charge on any atom is -0.325 e. The molecule has 5 nitrogen and oxygen atoms in total. The predicted molar refractivity (Wildman–Crippen MR) is 134 cm³/mol. The molecule has 32 heavy (non-hydrogen) atoms. The first-order valence-electron chi connectivity index (χ1n) is 10.5. The van der Waals surface area contributed by atoms with Crippen molar-refractivity contribution >= 4 is 44.9 Å². The summed E-state index contributed by atoms with van der Waals surface area (Å²) >= 11 is 2.83. The van der Waals surface area contributed by atoms with E-state index in [0.29, 0.717) is 17.1 Å². The number of nitrogens with zero attached hydrogens (tertiary/aromatic N) is 2. The first kappa shape index (κ1) is 22.3. The van der Waals surface area contributed by atoms with Crippen LogP contribution < -0.4 is 10.9 Å². The Hall–Kier alpha value is -2.90. The maximum Gasteiger partial charge on any atom is 0.263 e. The van der Waals surface area contributed by atoms with Crippen LogP contribution in [-0.2, 0) is 17.8 Å². The molecular weight excluding hydrogens is 438 g/mol. The van der Waals surface area contributed by atoms with Crippen LogP contribution in [0, 0.1) is 13.8 Å². The number of fused-ring (bicyclic) bond motifs is 1. The van der Waals surface area contributed by atoms with E-state index in [1.54, 1.807) is 4.57 Å². The average Bonchev–Trinajstić information content (AvgIpc) is 3.08. The number of hydrogen-bond acceptors (Lipinski definition) is 5. The lowest BCUT2D eigenvalue weighted by Crippen LogP contribution is -2.23.